The van der Waals surface area contributed by atoms with Gasteiger partial charge < -0.3 is 41.1 Å². The molecule has 8 rings (SSSR count). The third-order valence-electron chi connectivity index (χ3n) is 10.9. The number of fused-ring (bicyclic) bond motifs is 2. The first-order valence-corrected chi connectivity index (χ1v) is 21.7. The van der Waals surface area contributed by atoms with Crippen molar-refractivity contribution in [3.8, 4) is 22.5 Å². The molecule has 0 bridgehead atoms. The maximum atomic E-state index is 14.7. The second-order valence-electron chi connectivity index (χ2n) is 16.6. The van der Waals surface area contributed by atoms with Gasteiger partial charge in [0.1, 0.15) is 34.6 Å². The standard InChI is InChI=1S/C25H27F2N7O2.C23H22F2N6O3/c1-32(2)13-12-28-24-30-20(15-8-10-16(11-9-15)23(35)33(3)4)17-14-29-25(36)34(22(17)31-24)21-18(26)6-5-7-19(21)27;1-30(2)11-10-26-22-28-18(13-6-8-14(9-7-13)21(32)33)15-12-27-23(34)31(20(15)29-22)19-16(24)4-3-5-17(19)25/h5-11H,12-14H2,1-4H3,(H,29,36)(H,28,30,31);3-9H,10-12H2,1-2H3,(H,27,34)(H,32,33)(H,26,28,29). The van der Waals surface area contributed by atoms with Gasteiger partial charge in [-0.05, 0) is 76.7 Å². The summed E-state index contributed by atoms with van der Waals surface area (Å²) >= 11 is 0. The number of carbonyl (C=O) groups excluding carboxylic acids is 3. The topological polar surface area (TPSA) is 204 Å². The van der Waals surface area contributed by atoms with Gasteiger partial charge in [-0.15, -0.1) is 0 Å². The molecule has 5 N–H and O–H groups in total. The highest BCUT2D eigenvalue weighted by Crippen LogP contribution is 2.40. The van der Waals surface area contributed by atoms with Crippen LogP contribution in [0.1, 0.15) is 31.8 Å². The Kier molecular flexibility index (Phi) is 15.2. The number of aromatic nitrogens is 4. The summed E-state index contributed by atoms with van der Waals surface area (Å²) < 4.78 is 58.8. The van der Waals surface area contributed by atoms with Gasteiger partial charge >= 0.3 is 18.0 Å². The number of carbonyl (C=O) groups is 4. The number of hydrogen-bond acceptors (Lipinski definition) is 12. The maximum absolute atomic E-state index is 14.7. The van der Waals surface area contributed by atoms with Crippen LogP contribution in [0.25, 0.3) is 22.5 Å². The van der Waals surface area contributed by atoms with Gasteiger partial charge in [-0.25, -0.2) is 51.7 Å². The lowest BCUT2D eigenvalue weighted by molar-refractivity contribution is 0.0696. The molecule has 18 nitrogen and oxygen atoms in total. The number of nitrogens with one attached hydrogen (secondary N) is 4. The Morgan fingerprint density at radius 2 is 0.957 bits per heavy atom. The van der Waals surface area contributed by atoms with Crippen molar-refractivity contribution in [1.82, 2.24) is 45.3 Å². The number of carboxylic acids is 1. The maximum Gasteiger partial charge on any atom is 0.335 e. The molecule has 0 spiro atoms. The van der Waals surface area contributed by atoms with E-state index in [1.165, 1.54) is 29.2 Å². The summed E-state index contributed by atoms with van der Waals surface area (Å²) in [7, 11) is 11.0. The molecule has 0 aliphatic carbocycles. The Morgan fingerprint density at radius 1 is 0.586 bits per heavy atom. The van der Waals surface area contributed by atoms with Crippen LogP contribution < -0.4 is 31.1 Å². The quantitative estimate of drug-likeness (QED) is 0.0705. The van der Waals surface area contributed by atoms with Crippen molar-refractivity contribution in [3.63, 3.8) is 0 Å². The number of nitrogens with zero attached hydrogens (tertiary/aromatic N) is 9. The molecule has 2 aliphatic heterocycles. The van der Waals surface area contributed by atoms with Gasteiger partial charge in [-0.3, -0.25) is 4.79 Å². The summed E-state index contributed by atoms with van der Waals surface area (Å²) in [4.78, 5) is 74.5. The van der Waals surface area contributed by atoms with Crippen LogP contribution in [0.3, 0.4) is 0 Å². The van der Waals surface area contributed by atoms with Crippen molar-refractivity contribution in [2.75, 3.05) is 88.9 Å². The second kappa shape index (κ2) is 21.4. The highest BCUT2D eigenvalue weighted by atomic mass is 19.1. The van der Waals surface area contributed by atoms with Crippen molar-refractivity contribution in [1.29, 1.82) is 0 Å². The molecular weight excluding hydrogens is 915 g/mol. The van der Waals surface area contributed by atoms with E-state index in [1.807, 2.05) is 38.0 Å². The minimum absolute atomic E-state index is 0.0226. The molecule has 0 unspecified atom stereocenters. The number of likely N-dealkylation sites (N-methyl/N-ethyl adjacent to an activating group) is 2. The molecule has 0 saturated heterocycles. The predicted molar refractivity (Wildman–Crippen MR) is 255 cm³/mol. The largest absolute Gasteiger partial charge is 0.478 e. The summed E-state index contributed by atoms with van der Waals surface area (Å²) in [5, 5.41) is 20.7. The van der Waals surface area contributed by atoms with Gasteiger partial charge in [0.15, 0.2) is 11.6 Å². The third kappa shape index (κ3) is 10.9. The molecule has 0 fully saturated rings. The van der Waals surface area contributed by atoms with E-state index < -0.39 is 52.7 Å². The molecule has 0 radical (unpaired) electrons. The van der Waals surface area contributed by atoms with E-state index in [0.717, 1.165) is 34.1 Å². The first kappa shape index (κ1) is 49.7. The monoisotopic (exact) mass is 963 g/mol. The summed E-state index contributed by atoms with van der Waals surface area (Å²) in [6.07, 6.45) is 0. The van der Waals surface area contributed by atoms with Gasteiger partial charge in [-0.2, -0.15) is 9.97 Å². The molecule has 6 aromatic rings. The molecule has 2 aliphatic rings. The van der Waals surface area contributed by atoms with Crippen molar-refractivity contribution in [3.05, 3.63) is 130 Å². The molecule has 22 heteroatoms. The lowest BCUT2D eigenvalue weighted by Crippen LogP contribution is -2.43. The van der Waals surface area contributed by atoms with Crippen molar-refractivity contribution >= 4 is 58.8 Å². The minimum Gasteiger partial charge on any atom is -0.478 e. The average Bonchev–Trinajstić information content (AvgIpc) is 3.32. The molecule has 4 aromatic carbocycles. The molecule has 0 saturated carbocycles. The summed E-state index contributed by atoms with van der Waals surface area (Å²) in [5.41, 5.74) is 2.53. The predicted octanol–water partition coefficient (Wildman–Crippen LogP) is 6.91. The van der Waals surface area contributed by atoms with E-state index in [1.54, 1.807) is 50.5 Å². The zero-order chi connectivity index (χ0) is 50.4. The molecule has 70 heavy (non-hydrogen) atoms. The fourth-order valence-electron chi connectivity index (χ4n) is 7.36. The number of amides is 5. The summed E-state index contributed by atoms with van der Waals surface area (Å²) in [5.74, 6) is -4.38. The van der Waals surface area contributed by atoms with Crippen LogP contribution in [0, 0.1) is 23.3 Å². The number of urea groups is 2. The highest BCUT2D eigenvalue weighted by molar-refractivity contribution is 6.03. The average molecular weight is 964 g/mol. The second-order valence-corrected chi connectivity index (χ2v) is 16.6. The van der Waals surface area contributed by atoms with E-state index in [0.29, 0.717) is 65.4 Å². The number of benzene rings is 4. The molecular formula is C48H49F4N13O5. The minimum atomic E-state index is -1.07. The van der Waals surface area contributed by atoms with Crippen LogP contribution in [-0.4, -0.2) is 132 Å². The number of anilines is 6. The third-order valence-corrected chi connectivity index (χ3v) is 10.9. The highest BCUT2D eigenvalue weighted by Gasteiger charge is 2.36. The molecule has 5 amide bonds. The molecule has 4 heterocycles. The molecule has 0 atom stereocenters. The van der Waals surface area contributed by atoms with Gasteiger partial charge in [-0.1, -0.05) is 36.4 Å². The zero-order valence-corrected chi connectivity index (χ0v) is 38.9. The van der Waals surface area contributed by atoms with E-state index in [4.69, 9.17) is 0 Å². The van der Waals surface area contributed by atoms with E-state index in [-0.39, 0.29) is 48.1 Å². The first-order chi connectivity index (χ1) is 33.4. The Morgan fingerprint density at radius 3 is 1.30 bits per heavy atom. The zero-order valence-electron chi connectivity index (χ0n) is 38.9. The van der Waals surface area contributed by atoms with Crippen molar-refractivity contribution < 1.29 is 41.8 Å². The number of rotatable bonds is 14. The lowest BCUT2D eigenvalue weighted by Gasteiger charge is -2.30. The van der Waals surface area contributed by atoms with Crippen LogP contribution in [-0.2, 0) is 13.1 Å². The Labute approximate surface area is 400 Å². The molecule has 2 aromatic heterocycles. The van der Waals surface area contributed by atoms with Gasteiger partial charge in [0.2, 0.25) is 11.9 Å². The van der Waals surface area contributed by atoms with E-state index >= 15 is 0 Å². The number of aromatic carboxylic acids is 1. The number of halogens is 4. The van der Waals surface area contributed by atoms with Crippen LogP contribution in [0.15, 0.2) is 84.9 Å². The van der Waals surface area contributed by atoms with Crippen LogP contribution in [0.2, 0.25) is 0 Å². The summed E-state index contributed by atoms with van der Waals surface area (Å²) in [6.45, 7) is 2.41. The smallest absolute Gasteiger partial charge is 0.335 e. The Bertz CT molecular complexity index is 2900. The van der Waals surface area contributed by atoms with E-state index in [2.05, 4.69) is 41.2 Å². The van der Waals surface area contributed by atoms with Crippen LogP contribution in [0.4, 0.5) is 62.1 Å². The SMILES string of the molecule is CN(C)CCNc1nc(-c2ccc(C(=O)N(C)C)cc2)c2c(n1)N(c1c(F)cccc1F)C(=O)NC2.CN(C)CCNc1nc(-c2ccc(C(=O)O)cc2)c2c(n1)N(c1c(F)cccc1F)C(=O)NC2. The van der Waals surface area contributed by atoms with E-state index in [9.17, 15) is 41.8 Å². The Hall–Kier alpha value is -8.24. The summed E-state index contributed by atoms with van der Waals surface area (Å²) in [6, 6.07) is 18.2. The number of para-hydroxylation sites is 2. The van der Waals surface area contributed by atoms with Gasteiger partial charge in [0, 0.05) is 68.1 Å². The fourth-order valence-corrected chi connectivity index (χ4v) is 7.36. The van der Waals surface area contributed by atoms with Crippen molar-refractivity contribution in [2.45, 2.75) is 13.1 Å². The van der Waals surface area contributed by atoms with Crippen LogP contribution >= 0.6 is 0 Å². The fraction of sp³-hybridized carbons (Fsp3) is 0.250. The molecule has 364 valence electrons. The van der Waals surface area contributed by atoms with Gasteiger partial charge in [0.25, 0.3) is 5.91 Å². The normalized spacial score (nSPS) is 12.9. The van der Waals surface area contributed by atoms with Crippen LogP contribution in [0.5, 0.6) is 0 Å². The Balaban J connectivity index is 0.000000207. The van der Waals surface area contributed by atoms with Crippen molar-refractivity contribution in [2.24, 2.45) is 0 Å². The van der Waals surface area contributed by atoms with Gasteiger partial charge in [0.05, 0.1) is 30.0 Å². The number of carboxylic acid groups (broad SMARTS) is 1. The number of hydrogen-bond donors (Lipinski definition) is 5. The lowest BCUT2D eigenvalue weighted by atomic mass is 10.0. The first-order valence-electron chi connectivity index (χ1n) is 21.7.